The highest BCUT2D eigenvalue weighted by atomic mass is 16.2. The summed E-state index contributed by atoms with van der Waals surface area (Å²) in [5, 5.41) is 0. The predicted molar refractivity (Wildman–Crippen MR) is 107 cm³/mol. The van der Waals surface area contributed by atoms with E-state index < -0.39 is 0 Å². The van der Waals surface area contributed by atoms with Crippen LogP contribution in [0, 0.1) is 12.8 Å². The molecule has 1 aromatic carbocycles. The van der Waals surface area contributed by atoms with Crippen LogP contribution in [0.4, 0.5) is 5.69 Å². The fourth-order valence-corrected chi connectivity index (χ4v) is 5.02. The molecule has 4 rings (SSSR count). The van der Waals surface area contributed by atoms with Gasteiger partial charge in [0.05, 0.1) is 5.92 Å². The second-order valence-corrected chi connectivity index (χ2v) is 8.34. The maximum Gasteiger partial charge on any atom is 0.228 e. The van der Waals surface area contributed by atoms with Crippen LogP contribution in [0.2, 0.25) is 0 Å². The van der Waals surface area contributed by atoms with E-state index in [1.165, 1.54) is 24.1 Å². The minimum atomic E-state index is -0.136. The van der Waals surface area contributed by atoms with Crippen LogP contribution in [0.25, 0.3) is 0 Å². The van der Waals surface area contributed by atoms with Gasteiger partial charge >= 0.3 is 0 Å². The average Bonchev–Trinajstić information content (AvgIpc) is 3.25. The van der Waals surface area contributed by atoms with Crippen molar-refractivity contribution in [3.63, 3.8) is 0 Å². The zero-order valence-electron chi connectivity index (χ0n) is 16.4. The van der Waals surface area contributed by atoms with Crippen molar-refractivity contribution in [1.82, 2.24) is 9.80 Å². The molecule has 2 heterocycles. The van der Waals surface area contributed by atoms with Gasteiger partial charge < -0.3 is 14.7 Å². The van der Waals surface area contributed by atoms with E-state index in [0.717, 1.165) is 45.4 Å². The van der Waals surface area contributed by atoms with E-state index in [2.05, 4.69) is 36.1 Å². The molecule has 2 saturated heterocycles. The Labute approximate surface area is 162 Å². The molecule has 0 bridgehead atoms. The van der Waals surface area contributed by atoms with Gasteiger partial charge in [-0.25, -0.2) is 0 Å². The van der Waals surface area contributed by atoms with Gasteiger partial charge in [0.15, 0.2) is 0 Å². The van der Waals surface area contributed by atoms with Crippen molar-refractivity contribution >= 4 is 17.5 Å². The van der Waals surface area contributed by atoms with Gasteiger partial charge in [0, 0.05) is 50.9 Å². The van der Waals surface area contributed by atoms with Gasteiger partial charge in [-0.15, -0.1) is 0 Å². The van der Waals surface area contributed by atoms with E-state index in [4.69, 9.17) is 0 Å². The first kappa shape index (κ1) is 18.3. The Morgan fingerprint density at radius 1 is 1.00 bits per heavy atom. The number of aryl methyl sites for hydroxylation is 1. The number of carbonyl (C=O) groups is 2. The molecule has 0 spiro atoms. The molecule has 0 N–H and O–H groups in total. The summed E-state index contributed by atoms with van der Waals surface area (Å²) in [4.78, 5) is 32.0. The first-order chi connectivity index (χ1) is 13.1. The highest BCUT2D eigenvalue weighted by Gasteiger charge is 2.40. The Morgan fingerprint density at radius 2 is 1.78 bits per heavy atom. The monoisotopic (exact) mass is 369 g/mol. The molecule has 1 aliphatic carbocycles. The van der Waals surface area contributed by atoms with Crippen LogP contribution in [0.5, 0.6) is 0 Å². The van der Waals surface area contributed by atoms with Crippen molar-refractivity contribution in [2.75, 3.05) is 37.6 Å². The Hall–Kier alpha value is -2.04. The fraction of sp³-hybridized carbons (Fsp3) is 0.636. The van der Waals surface area contributed by atoms with E-state index in [1.54, 1.807) is 0 Å². The number of likely N-dealkylation sites (tertiary alicyclic amines) is 1. The number of anilines is 1. The Bertz CT molecular complexity index is 699. The van der Waals surface area contributed by atoms with Crippen molar-refractivity contribution in [3.8, 4) is 0 Å². The van der Waals surface area contributed by atoms with Crippen LogP contribution in [-0.2, 0) is 9.59 Å². The zero-order valence-corrected chi connectivity index (χ0v) is 16.4. The summed E-state index contributed by atoms with van der Waals surface area (Å²) >= 11 is 0. The molecule has 1 aromatic rings. The summed E-state index contributed by atoms with van der Waals surface area (Å²) in [6.07, 6.45) is 6.05. The molecular weight excluding hydrogens is 338 g/mol. The molecule has 27 heavy (non-hydrogen) atoms. The summed E-state index contributed by atoms with van der Waals surface area (Å²) in [5.41, 5.74) is 2.56. The van der Waals surface area contributed by atoms with Gasteiger partial charge in [0.2, 0.25) is 11.8 Å². The zero-order chi connectivity index (χ0) is 18.8. The summed E-state index contributed by atoms with van der Waals surface area (Å²) in [6.45, 7) is 6.18. The molecule has 1 unspecified atom stereocenters. The standard InChI is InChI=1S/C22H31N3O2/c1-17-7-2-5-10-20(17)23-11-6-12-24(14-13-23)22(27)18-15-21(26)25(16-18)19-8-3-4-9-19/h2,5,7,10,18-19H,3-4,6,8-9,11-16H2,1H3. The third kappa shape index (κ3) is 3.83. The van der Waals surface area contributed by atoms with E-state index in [9.17, 15) is 9.59 Å². The van der Waals surface area contributed by atoms with Crippen LogP contribution in [0.3, 0.4) is 0 Å². The van der Waals surface area contributed by atoms with Crippen LogP contribution in [0.1, 0.15) is 44.1 Å². The lowest BCUT2D eigenvalue weighted by Crippen LogP contribution is -2.41. The molecule has 146 valence electrons. The lowest BCUT2D eigenvalue weighted by atomic mass is 10.1. The van der Waals surface area contributed by atoms with Crippen molar-refractivity contribution in [2.45, 2.75) is 51.5 Å². The predicted octanol–water partition coefficient (Wildman–Crippen LogP) is 2.82. The number of benzene rings is 1. The SMILES string of the molecule is Cc1ccccc1N1CCCN(C(=O)C2CC(=O)N(C3CCCC3)C2)CC1. The first-order valence-corrected chi connectivity index (χ1v) is 10.5. The largest absolute Gasteiger partial charge is 0.369 e. The lowest BCUT2D eigenvalue weighted by molar-refractivity contribution is -0.135. The summed E-state index contributed by atoms with van der Waals surface area (Å²) in [5.74, 6) is 0.246. The molecule has 3 fully saturated rings. The number of carbonyl (C=O) groups excluding carboxylic acids is 2. The molecule has 2 amide bonds. The number of amides is 2. The first-order valence-electron chi connectivity index (χ1n) is 10.5. The van der Waals surface area contributed by atoms with E-state index in [0.29, 0.717) is 19.0 Å². The van der Waals surface area contributed by atoms with Crippen molar-refractivity contribution in [1.29, 1.82) is 0 Å². The van der Waals surface area contributed by atoms with Gasteiger partial charge in [-0.05, 0) is 37.8 Å². The average molecular weight is 370 g/mol. The number of rotatable bonds is 3. The molecule has 0 aromatic heterocycles. The molecule has 5 nitrogen and oxygen atoms in total. The Kier molecular flexibility index (Phi) is 5.37. The van der Waals surface area contributed by atoms with Crippen molar-refractivity contribution < 1.29 is 9.59 Å². The van der Waals surface area contributed by atoms with Gasteiger partial charge in [-0.2, -0.15) is 0 Å². The van der Waals surface area contributed by atoms with Crippen LogP contribution < -0.4 is 4.90 Å². The topological polar surface area (TPSA) is 43.9 Å². The molecule has 0 radical (unpaired) electrons. The van der Waals surface area contributed by atoms with E-state index in [1.807, 2.05) is 9.80 Å². The Morgan fingerprint density at radius 3 is 2.56 bits per heavy atom. The van der Waals surface area contributed by atoms with Gasteiger partial charge in [-0.3, -0.25) is 9.59 Å². The number of hydrogen-bond acceptors (Lipinski definition) is 3. The van der Waals surface area contributed by atoms with Gasteiger partial charge in [0.25, 0.3) is 0 Å². The molecule has 2 aliphatic heterocycles. The second-order valence-electron chi connectivity index (χ2n) is 8.34. The molecule has 3 aliphatic rings. The summed E-state index contributed by atoms with van der Waals surface area (Å²) < 4.78 is 0. The number of nitrogens with zero attached hydrogens (tertiary/aromatic N) is 3. The lowest BCUT2D eigenvalue weighted by Gasteiger charge is -2.27. The Balaban J connectivity index is 1.37. The normalized spacial score (nSPS) is 24.6. The minimum Gasteiger partial charge on any atom is -0.369 e. The fourth-order valence-electron chi connectivity index (χ4n) is 5.02. The maximum atomic E-state index is 13.1. The van der Waals surface area contributed by atoms with E-state index in [-0.39, 0.29) is 17.7 Å². The van der Waals surface area contributed by atoms with Gasteiger partial charge in [0.1, 0.15) is 0 Å². The maximum absolute atomic E-state index is 13.1. The quantitative estimate of drug-likeness (QED) is 0.823. The molecule has 1 saturated carbocycles. The van der Waals surface area contributed by atoms with Crippen molar-refractivity contribution in [3.05, 3.63) is 29.8 Å². The highest BCUT2D eigenvalue weighted by molar-refractivity contribution is 5.89. The number of hydrogen-bond donors (Lipinski definition) is 0. The molecular formula is C22H31N3O2. The molecule has 5 heteroatoms. The van der Waals surface area contributed by atoms with Crippen molar-refractivity contribution in [2.24, 2.45) is 5.92 Å². The van der Waals surface area contributed by atoms with Crippen LogP contribution >= 0.6 is 0 Å². The van der Waals surface area contributed by atoms with Crippen LogP contribution in [0.15, 0.2) is 24.3 Å². The van der Waals surface area contributed by atoms with E-state index >= 15 is 0 Å². The molecule has 1 atom stereocenters. The highest BCUT2D eigenvalue weighted by Crippen LogP contribution is 2.30. The van der Waals surface area contributed by atoms with Crippen LogP contribution in [-0.4, -0.2) is 60.4 Å². The smallest absolute Gasteiger partial charge is 0.228 e. The second kappa shape index (κ2) is 7.91. The third-order valence-electron chi connectivity index (χ3n) is 6.54. The van der Waals surface area contributed by atoms with Gasteiger partial charge in [-0.1, -0.05) is 31.0 Å². The summed E-state index contributed by atoms with van der Waals surface area (Å²) in [6, 6.07) is 8.85. The third-order valence-corrected chi connectivity index (χ3v) is 6.54. The summed E-state index contributed by atoms with van der Waals surface area (Å²) in [7, 11) is 0. The number of para-hydroxylation sites is 1. The minimum absolute atomic E-state index is 0.136.